The van der Waals surface area contributed by atoms with Gasteiger partial charge in [0.15, 0.2) is 5.82 Å². The molecule has 0 unspecified atom stereocenters. The van der Waals surface area contributed by atoms with Crippen LogP contribution in [0.25, 0.3) is 0 Å². The lowest BCUT2D eigenvalue weighted by atomic mass is 10.4. The van der Waals surface area contributed by atoms with Crippen molar-refractivity contribution in [2.75, 3.05) is 30.6 Å². The number of aromatic nitrogens is 1. The highest BCUT2D eigenvalue weighted by Gasteiger charge is 2.21. The van der Waals surface area contributed by atoms with Gasteiger partial charge < -0.3 is 9.80 Å². The quantitative estimate of drug-likeness (QED) is 0.607. The largest absolute Gasteiger partial charge is 0.354 e. The molecule has 1 aliphatic rings. The number of hydrogen-bond donors (Lipinski definition) is 1. The fourth-order valence-corrected chi connectivity index (χ4v) is 1.65. The van der Waals surface area contributed by atoms with Crippen molar-refractivity contribution in [1.82, 2.24) is 4.98 Å². The first-order valence-corrected chi connectivity index (χ1v) is 4.24. The van der Waals surface area contributed by atoms with Gasteiger partial charge in [-0.2, -0.15) is 0 Å². The number of nitrogens with zero attached hydrogens (tertiary/aromatic N) is 3. The fraction of sp³-hybridized carbons (Fsp3) is 0.375. The molecule has 2 heterocycles. The highest BCUT2D eigenvalue weighted by atomic mass is 32.1. The molecule has 3 nitrogen and oxygen atoms in total. The van der Waals surface area contributed by atoms with Crippen LogP contribution >= 0.6 is 12.6 Å². The average Bonchev–Trinajstić information content (AvgIpc) is 2.28. The molecule has 0 aromatic carbocycles. The predicted molar refractivity (Wildman–Crippen MR) is 53.2 cm³/mol. The third-order valence-corrected chi connectivity index (χ3v) is 2.27. The first kappa shape index (κ1) is 7.73. The van der Waals surface area contributed by atoms with E-state index < -0.39 is 0 Å². The van der Waals surface area contributed by atoms with E-state index >= 15 is 0 Å². The second-order valence-corrected chi connectivity index (χ2v) is 3.59. The Bertz CT molecular complexity index is 313. The van der Waals surface area contributed by atoms with Crippen molar-refractivity contribution in [3.8, 4) is 0 Å². The SMILES string of the molecule is CN1CN(C)c2ncc(S)cc21. The fourth-order valence-electron chi connectivity index (χ4n) is 1.47. The Morgan fingerprint density at radius 2 is 2.17 bits per heavy atom. The molecule has 0 bridgehead atoms. The van der Waals surface area contributed by atoms with Crippen molar-refractivity contribution >= 4 is 24.1 Å². The zero-order valence-electron chi connectivity index (χ0n) is 7.15. The molecule has 1 aromatic heterocycles. The number of rotatable bonds is 0. The van der Waals surface area contributed by atoms with E-state index in [0.717, 1.165) is 23.1 Å². The Labute approximate surface area is 77.4 Å². The van der Waals surface area contributed by atoms with Gasteiger partial charge in [-0.05, 0) is 6.07 Å². The molecule has 0 amide bonds. The summed E-state index contributed by atoms with van der Waals surface area (Å²) in [6.45, 7) is 0.902. The molecule has 2 rings (SSSR count). The minimum atomic E-state index is 0.902. The van der Waals surface area contributed by atoms with Crippen LogP contribution < -0.4 is 9.80 Å². The first-order valence-electron chi connectivity index (χ1n) is 3.80. The third kappa shape index (κ3) is 1.03. The van der Waals surface area contributed by atoms with E-state index in [-0.39, 0.29) is 0 Å². The second kappa shape index (κ2) is 2.55. The maximum Gasteiger partial charge on any atom is 0.153 e. The summed E-state index contributed by atoms with van der Waals surface area (Å²) < 4.78 is 0. The third-order valence-electron chi connectivity index (χ3n) is 2.03. The number of hydrogen-bond acceptors (Lipinski definition) is 4. The van der Waals surface area contributed by atoms with Gasteiger partial charge in [0.05, 0.1) is 12.4 Å². The molecule has 0 saturated carbocycles. The predicted octanol–water partition coefficient (Wildman–Crippen LogP) is 1.21. The monoisotopic (exact) mass is 181 g/mol. The highest BCUT2D eigenvalue weighted by Crippen LogP contribution is 2.32. The Morgan fingerprint density at radius 1 is 1.42 bits per heavy atom. The molecule has 1 aliphatic heterocycles. The maximum atomic E-state index is 4.30. The van der Waals surface area contributed by atoms with Gasteiger partial charge in [0.1, 0.15) is 0 Å². The van der Waals surface area contributed by atoms with Crippen molar-refractivity contribution in [3.63, 3.8) is 0 Å². The summed E-state index contributed by atoms with van der Waals surface area (Å²) >= 11 is 4.25. The summed E-state index contributed by atoms with van der Waals surface area (Å²) in [5, 5.41) is 0. The number of fused-ring (bicyclic) bond motifs is 1. The molecule has 0 N–H and O–H groups in total. The lowest BCUT2D eigenvalue weighted by molar-refractivity contribution is 0.908. The van der Waals surface area contributed by atoms with Gasteiger partial charge in [-0.25, -0.2) is 4.98 Å². The van der Waals surface area contributed by atoms with Crippen LogP contribution in [0.2, 0.25) is 0 Å². The van der Waals surface area contributed by atoms with Gasteiger partial charge in [0, 0.05) is 25.2 Å². The van der Waals surface area contributed by atoms with Crippen molar-refractivity contribution < 1.29 is 0 Å². The zero-order valence-corrected chi connectivity index (χ0v) is 8.05. The molecule has 0 aliphatic carbocycles. The molecule has 0 atom stereocenters. The molecule has 0 saturated heterocycles. The topological polar surface area (TPSA) is 19.4 Å². The molecule has 0 spiro atoms. The van der Waals surface area contributed by atoms with Crippen LogP contribution in [0.4, 0.5) is 11.5 Å². The van der Waals surface area contributed by atoms with E-state index in [9.17, 15) is 0 Å². The minimum absolute atomic E-state index is 0.902. The van der Waals surface area contributed by atoms with E-state index in [1.807, 2.05) is 13.1 Å². The summed E-state index contributed by atoms with van der Waals surface area (Å²) in [5.74, 6) is 1.04. The van der Waals surface area contributed by atoms with Crippen molar-refractivity contribution in [2.45, 2.75) is 4.90 Å². The molecule has 4 heteroatoms. The van der Waals surface area contributed by atoms with Crippen LogP contribution in [0.5, 0.6) is 0 Å². The van der Waals surface area contributed by atoms with Gasteiger partial charge in [0.25, 0.3) is 0 Å². The van der Waals surface area contributed by atoms with Gasteiger partial charge in [0.2, 0.25) is 0 Å². The summed E-state index contributed by atoms with van der Waals surface area (Å²) in [4.78, 5) is 9.48. The van der Waals surface area contributed by atoms with E-state index in [0.29, 0.717) is 0 Å². The molecule has 1 aromatic rings. The normalized spacial score (nSPS) is 15.2. The van der Waals surface area contributed by atoms with Crippen molar-refractivity contribution in [1.29, 1.82) is 0 Å². The number of thiol groups is 1. The standard InChI is InChI=1S/C8H11N3S/c1-10-5-11(2)8-7(10)3-6(12)4-9-8/h3-4,12H,5H2,1-2H3. The van der Waals surface area contributed by atoms with Crippen LogP contribution in [-0.4, -0.2) is 25.7 Å². The Kier molecular flexibility index (Phi) is 1.65. The van der Waals surface area contributed by atoms with E-state index in [4.69, 9.17) is 0 Å². The molecule has 12 heavy (non-hydrogen) atoms. The average molecular weight is 181 g/mol. The Hall–Kier alpha value is -0.900. The summed E-state index contributed by atoms with van der Waals surface area (Å²) in [6, 6.07) is 2.04. The smallest absolute Gasteiger partial charge is 0.153 e. The minimum Gasteiger partial charge on any atom is -0.354 e. The second-order valence-electron chi connectivity index (χ2n) is 3.07. The van der Waals surface area contributed by atoms with Gasteiger partial charge >= 0.3 is 0 Å². The van der Waals surface area contributed by atoms with Crippen molar-refractivity contribution in [3.05, 3.63) is 12.3 Å². The number of pyridine rings is 1. The highest BCUT2D eigenvalue weighted by molar-refractivity contribution is 7.80. The van der Waals surface area contributed by atoms with E-state index in [2.05, 4.69) is 34.5 Å². The molecular weight excluding hydrogens is 170 g/mol. The van der Waals surface area contributed by atoms with Crippen LogP contribution in [0.3, 0.4) is 0 Å². The molecule has 0 fully saturated rings. The van der Waals surface area contributed by atoms with E-state index in [1.54, 1.807) is 6.20 Å². The van der Waals surface area contributed by atoms with E-state index in [1.165, 1.54) is 0 Å². The van der Waals surface area contributed by atoms with Crippen LogP contribution in [-0.2, 0) is 0 Å². The summed E-state index contributed by atoms with van der Waals surface area (Å²) in [5.41, 5.74) is 1.16. The molecular formula is C8H11N3S. The zero-order chi connectivity index (χ0) is 8.72. The lowest BCUT2D eigenvalue weighted by Gasteiger charge is -2.11. The van der Waals surface area contributed by atoms with Crippen LogP contribution in [0.15, 0.2) is 17.2 Å². The van der Waals surface area contributed by atoms with Crippen molar-refractivity contribution in [2.24, 2.45) is 0 Å². The summed E-state index contributed by atoms with van der Waals surface area (Å²) in [6.07, 6.45) is 1.78. The Balaban J connectivity index is 2.53. The lowest BCUT2D eigenvalue weighted by Crippen LogP contribution is -2.24. The van der Waals surface area contributed by atoms with Crippen LogP contribution in [0.1, 0.15) is 0 Å². The Morgan fingerprint density at radius 3 is 2.92 bits per heavy atom. The maximum absolute atomic E-state index is 4.30. The molecule has 64 valence electrons. The van der Waals surface area contributed by atoms with Gasteiger partial charge in [-0.15, -0.1) is 12.6 Å². The first-order chi connectivity index (χ1) is 5.68. The van der Waals surface area contributed by atoms with Gasteiger partial charge in [-0.1, -0.05) is 0 Å². The van der Waals surface area contributed by atoms with Gasteiger partial charge in [-0.3, -0.25) is 0 Å². The number of anilines is 2. The summed E-state index contributed by atoms with van der Waals surface area (Å²) in [7, 11) is 4.09. The molecule has 0 radical (unpaired) electrons. The van der Waals surface area contributed by atoms with Crippen LogP contribution in [0, 0.1) is 0 Å².